The summed E-state index contributed by atoms with van der Waals surface area (Å²) >= 11 is 0. The maximum atomic E-state index is 5.81. The molecule has 0 amide bonds. The number of hydrogen-bond donors (Lipinski definition) is 1. The lowest BCUT2D eigenvalue weighted by Gasteiger charge is -1.99. The highest BCUT2D eigenvalue weighted by molar-refractivity contribution is 5.84. The molecule has 0 saturated carbocycles. The molecule has 0 aliphatic heterocycles. The number of furan rings is 1. The second kappa shape index (κ2) is 4.65. The van der Waals surface area contributed by atoms with Crippen molar-refractivity contribution in [3.63, 3.8) is 0 Å². The minimum absolute atomic E-state index is 0.804. The number of rotatable bonds is 3. The van der Waals surface area contributed by atoms with Gasteiger partial charge in [0.1, 0.15) is 22.9 Å². The number of nitrogens with one attached hydrogen (secondary N) is 1. The van der Waals surface area contributed by atoms with E-state index < -0.39 is 0 Å². The van der Waals surface area contributed by atoms with Gasteiger partial charge in [0.25, 0.3) is 0 Å². The fourth-order valence-corrected chi connectivity index (χ4v) is 1.98. The molecule has 2 aromatic heterocycles. The number of benzene rings is 1. The van der Waals surface area contributed by atoms with E-state index in [9.17, 15) is 0 Å². The first-order chi connectivity index (χ1) is 9.30. The molecule has 0 bridgehead atoms. The predicted molar refractivity (Wildman–Crippen MR) is 75.5 cm³/mol. The Morgan fingerprint density at radius 3 is 2.74 bits per heavy atom. The molecule has 0 atom stereocenters. The van der Waals surface area contributed by atoms with E-state index in [2.05, 4.69) is 10.3 Å². The highest BCUT2D eigenvalue weighted by Gasteiger charge is 2.07. The zero-order valence-electron chi connectivity index (χ0n) is 10.8. The van der Waals surface area contributed by atoms with Crippen molar-refractivity contribution in [2.45, 2.75) is 0 Å². The van der Waals surface area contributed by atoms with Gasteiger partial charge in [-0.2, -0.15) is 0 Å². The number of fused-ring (bicyclic) bond motifs is 1. The van der Waals surface area contributed by atoms with Gasteiger partial charge < -0.3 is 14.5 Å². The third kappa shape index (κ3) is 2.12. The monoisotopic (exact) mass is 254 g/mol. The van der Waals surface area contributed by atoms with E-state index in [4.69, 9.17) is 9.15 Å². The standard InChI is InChI=1S/C15H14N2O2/c1-16-15-6-3-10(9-17-15)14-8-11-7-12(18-2)4-5-13(11)19-14/h3-9H,1-2H3,(H,16,17). The Kier molecular flexibility index (Phi) is 2.83. The van der Waals surface area contributed by atoms with Crippen LogP contribution in [0.2, 0.25) is 0 Å². The van der Waals surface area contributed by atoms with Crippen LogP contribution in [0.5, 0.6) is 5.75 Å². The van der Waals surface area contributed by atoms with Crippen molar-refractivity contribution >= 4 is 16.8 Å². The molecule has 0 saturated heterocycles. The first-order valence-electron chi connectivity index (χ1n) is 6.02. The molecule has 0 fully saturated rings. The van der Waals surface area contributed by atoms with Crippen LogP contribution in [0.25, 0.3) is 22.3 Å². The normalized spacial score (nSPS) is 10.6. The molecule has 4 nitrogen and oxygen atoms in total. The molecule has 0 spiro atoms. The summed E-state index contributed by atoms with van der Waals surface area (Å²) in [7, 11) is 3.50. The molecule has 3 aromatic rings. The third-order valence-electron chi connectivity index (χ3n) is 3.03. The van der Waals surface area contributed by atoms with E-state index in [-0.39, 0.29) is 0 Å². The van der Waals surface area contributed by atoms with Crippen LogP contribution in [0.3, 0.4) is 0 Å². The van der Waals surface area contributed by atoms with Gasteiger partial charge in [-0.15, -0.1) is 0 Å². The molecule has 0 unspecified atom stereocenters. The second-order valence-corrected chi connectivity index (χ2v) is 4.20. The Morgan fingerprint density at radius 1 is 1.16 bits per heavy atom. The molecular weight excluding hydrogens is 240 g/mol. The summed E-state index contributed by atoms with van der Waals surface area (Å²) in [6.07, 6.45) is 1.79. The quantitative estimate of drug-likeness (QED) is 0.776. The van der Waals surface area contributed by atoms with E-state index in [1.54, 1.807) is 13.3 Å². The van der Waals surface area contributed by atoms with Crippen molar-refractivity contribution in [2.75, 3.05) is 19.5 Å². The van der Waals surface area contributed by atoms with Crippen molar-refractivity contribution in [1.82, 2.24) is 4.98 Å². The van der Waals surface area contributed by atoms with Crippen molar-refractivity contribution in [2.24, 2.45) is 0 Å². The van der Waals surface area contributed by atoms with Crippen LogP contribution < -0.4 is 10.1 Å². The first kappa shape index (κ1) is 11.6. The molecule has 2 heterocycles. The van der Waals surface area contributed by atoms with E-state index >= 15 is 0 Å². The fourth-order valence-electron chi connectivity index (χ4n) is 1.98. The summed E-state index contributed by atoms with van der Waals surface area (Å²) in [5.41, 5.74) is 1.79. The van der Waals surface area contributed by atoms with Crippen LogP contribution in [-0.2, 0) is 0 Å². The highest BCUT2D eigenvalue weighted by atomic mass is 16.5. The number of pyridine rings is 1. The van der Waals surface area contributed by atoms with Crippen molar-refractivity contribution in [3.05, 3.63) is 42.6 Å². The molecule has 3 rings (SSSR count). The molecule has 0 aliphatic rings. The Balaban J connectivity index is 2.04. The lowest BCUT2D eigenvalue weighted by atomic mass is 10.2. The average molecular weight is 254 g/mol. The number of anilines is 1. The Morgan fingerprint density at radius 2 is 2.05 bits per heavy atom. The Labute approximate surface area is 111 Å². The Bertz CT molecular complexity index is 702. The van der Waals surface area contributed by atoms with Crippen LogP contribution >= 0.6 is 0 Å². The van der Waals surface area contributed by atoms with E-state index in [1.165, 1.54) is 0 Å². The van der Waals surface area contributed by atoms with Crippen LogP contribution in [-0.4, -0.2) is 19.1 Å². The maximum Gasteiger partial charge on any atom is 0.136 e. The molecular formula is C15H14N2O2. The SMILES string of the molecule is CNc1ccc(-c2cc3cc(OC)ccc3o2)cn1. The predicted octanol–water partition coefficient (Wildman–Crippen LogP) is 3.55. The minimum atomic E-state index is 0.804. The summed E-state index contributed by atoms with van der Waals surface area (Å²) < 4.78 is 11.0. The minimum Gasteiger partial charge on any atom is -0.497 e. The molecule has 0 aliphatic carbocycles. The third-order valence-corrected chi connectivity index (χ3v) is 3.03. The van der Waals surface area contributed by atoms with Crippen molar-refractivity contribution in [3.8, 4) is 17.1 Å². The smallest absolute Gasteiger partial charge is 0.136 e. The largest absolute Gasteiger partial charge is 0.497 e. The lowest BCUT2D eigenvalue weighted by Crippen LogP contribution is -1.90. The van der Waals surface area contributed by atoms with E-state index in [1.807, 2.05) is 43.4 Å². The summed E-state index contributed by atoms with van der Waals surface area (Å²) in [6.45, 7) is 0. The molecule has 96 valence electrons. The number of ether oxygens (including phenoxy) is 1. The summed E-state index contributed by atoms with van der Waals surface area (Å²) in [4.78, 5) is 4.28. The van der Waals surface area contributed by atoms with Crippen LogP contribution in [0, 0.1) is 0 Å². The lowest BCUT2D eigenvalue weighted by molar-refractivity contribution is 0.415. The topological polar surface area (TPSA) is 47.3 Å². The Hall–Kier alpha value is -2.49. The van der Waals surface area contributed by atoms with Crippen molar-refractivity contribution < 1.29 is 9.15 Å². The van der Waals surface area contributed by atoms with Crippen molar-refractivity contribution in [1.29, 1.82) is 0 Å². The van der Waals surface area contributed by atoms with Gasteiger partial charge in [-0.05, 0) is 36.4 Å². The van der Waals surface area contributed by atoms with Gasteiger partial charge in [0.05, 0.1) is 7.11 Å². The van der Waals surface area contributed by atoms with Gasteiger partial charge in [0.2, 0.25) is 0 Å². The van der Waals surface area contributed by atoms with Crippen LogP contribution in [0.4, 0.5) is 5.82 Å². The van der Waals surface area contributed by atoms with Gasteiger partial charge in [0, 0.05) is 24.2 Å². The zero-order chi connectivity index (χ0) is 13.2. The number of aromatic nitrogens is 1. The average Bonchev–Trinajstić information content (AvgIpc) is 2.90. The van der Waals surface area contributed by atoms with Gasteiger partial charge >= 0.3 is 0 Å². The summed E-state index contributed by atoms with van der Waals surface area (Å²) in [6, 6.07) is 11.6. The van der Waals surface area contributed by atoms with Gasteiger partial charge in [-0.3, -0.25) is 0 Å². The fraction of sp³-hybridized carbons (Fsp3) is 0.133. The highest BCUT2D eigenvalue weighted by Crippen LogP contribution is 2.30. The zero-order valence-corrected chi connectivity index (χ0v) is 10.8. The molecule has 4 heteroatoms. The second-order valence-electron chi connectivity index (χ2n) is 4.20. The van der Waals surface area contributed by atoms with E-state index in [0.717, 1.165) is 33.9 Å². The molecule has 0 radical (unpaired) electrons. The first-order valence-corrected chi connectivity index (χ1v) is 6.02. The molecule has 19 heavy (non-hydrogen) atoms. The van der Waals surface area contributed by atoms with E-state index in [0.29, 0.717) is 0 Å². The van der Waals surface area contributed by atoms with Crippen LogP contribution in [0.15, 0.2) is 47.0 Å². The summed E-state index contributed by atoms with van der Waals surface area (Å²) in [5, 5.41) is 4.01. The van der Waals surface area contributed by atoms with Gasteiger partial charge in [-0.25, -0.2) is 4.98 Å². The molecule has 1 N–H and O–H groups in total. The number of nitrogens with zero attached hydrogens (tertiary/aromatic N) is 1. The molecule has 1 aromatic carbocycles. The number of hydrogen-bond acceptors (Lipinski definition) is 4. The summed E-state index contributed by atoms with van der Waals surface area (Å²) in [5.74, 6) is 2.46. The van der Waals surface area contributed by atoms with Crippen LogP contribution in [0.1, 0.15) is 0 Å². The van der Waals surface area contributed by atoms with Gasteiger partial charge in [0.15, 0.2) is 0 Å². The maximum absolute atomic E-state index is 5.81. The van der Waals surface area contributed by atoms with Gasteiger partial charge in [-0.1, -0.05) is 0 Å². The number of methoxy groups -OCH3 is 1.